The number of nitrogens with zero attached hydrogens (tertiary/aromatic N) is 1. The van der Waals surface area contributed by atoms with Crippen LogP contribution in [0, 0.1) is 17.6 Å². The van der Waals surface area contributed by atoms with Crippen LogP contribution in [0.5, 0.6) is 5.75 Å². The van der Waals surface area contributed by atoms with Crippen LogP contribution in [0.4, 0.5) is 8.78 Å². The van der Waals surface area contributed by atoms with E-state index < -0.39 is 11.6 Å². The number of ether oxygens (including phenoxy) is 2. The largest absolute Gasteiger partial charge is 0.484 e. The first-order valence-corrected chi connectivity index (χ1v) is 9.88. The first kappa shape index (κ1) is 21.2. The highest BCUT2D eigenvalue weighted by molar-refractivity contribution is 5.87. The van der Waals surface area contributed by atoms with Crippen LogP contribution in [0.1, 0.15) is 25.7 Å². The number of hydrogen-bond donors (Lipinski definition) is 1. The molecule has 0 saturated carbocycles. The lowest BCUT2D eigenvalue weighted by Gasteiger charge is -2.41. The molecule has 0 radical (unpaired) electrons. The van der Waals surface area contributed by atoms with Crippen LogP contribution in [0.25, 0.3) is 0 Å². The van der Waals surface area contributed by atoms with Gasteiger partial charge in [0, 0.05) is 25.8 Å². The molecular weight excluding hydrogens is 382 g/mol. The van der Waals surface area contributed by atoms with Crippen molar-refractivity contribution in [1.29, 1.82) is 0 Å². The lowest BCUT2D eigenvalue weighted by molar-refractivity contribution is -0.136. The van der Waals surface area contributed by atoms with E-state index in [0.717, 1.165) is 37.8 Å². The van der Waals surface area contributed by atoms with E-state index >= 15 is 0 Å². The number of rotatable bonds is 6. The fraction of sp³-hybridized carbons (Fsp3) is 0.524. The van der Waals surface area contributed by atoms with Crippen LogP contribution in [0.15, 0.2) is 30.9 Å². The molecule has 2 heterocycles. The predicted octanol–water partition coefficient (Wildman–Crippen LogP) is 2.43. The summed E-state index contributed by atoms with van der Waals surface area (Å²) in [6, 6.07) is 3.13. The maximum Gasteiger partial charge on any atom is 0.260 e. The van der Waals surface area contributed by atoms with Gasteiger partial charge >= 0.3 is 0 Å². The van der Waals surface area contributed by atoms with Crippen molar-refractivity contribution in [3.63, 3.8) is 0 Å². The Morgan fingerprint density at radius 1 is 1.24 bits per heavy atom. The number of benzene rings is 1. The maximum atomic E-state index is 13.2. The van der Waals surface area contributed by atoms with E-state index in [0.29, 0.717) is 19.7 Å². The first-order chi connectivity index (χ1) is 14.0. The summed E-state index contributed by atoms with van der Waals surface area (Å²) in [4.78, 5) is 25.8. The Kier molecular flexibility index (Phi) is 7.19. The van der Waals surface area contributed by atoms with Gasteiger partial charge in [-0.25, -0.2) is 8.78 Å². The summed E-state index contributed by atoms with van der Waals surface area (Å²) < 4.78 is 37.4. The molecule has 2 aliphatic heterocycles. The molecular formula is C21H26F2N2O4. The van der Waals surface area contributed by atoms with Gasteiger partial charge in [-0.15, -0.1) is 0 Å². The van der Waals surface area contributed by atoms with E-state index in [1.54, 1.807) is 4.90 Å². The molecule has 2 saturated heterocycles. The van der Waals surface area contributed by atoms with Crippen LogP contribution < -0.4 is 10.1 Å². The van der Waals surface area contributed by atoms with Gasteiger partial charge in [-0.05, 0) is 49.8 Å². The topological polar surface area (TPSA) is 67.9 Å². The van der Waals surface area contributed by atoms with Gasteiger partial charge < -0.3 is 19.7 Å². The highest BCUT2D eigenvalue weighted by Crippen LogP contribution is 2.29. The van der Waals surface area contributed by atoms with Crippen molar-refractivity contribution >= 4 is 11.8 Å². The molecule has 29 heavy (non-hydrogen) atoms. The molecule has 2 fully saturated rings. The molecule has 2 unspecified atom stereocenters. The second-order valence-electron chi connectivity index (χ2n) is 7.38. The van der Waals surface area contributed by atoms with Crippen LogP contribution in [-0.2, 0) is 14.3 Å². The Morgan fingerprint density at radius 2 is 2.00 bits per heavy atom. The number of carbonyl (C=O) groups excluding carboxylic acids is 2. The minimum atomic E-state index is -1.01. The summed E-state index contributed by atoms with van der Waals surface area (Å²) in [6.45, 7) is 5.06. The Morgan fingerprint density at radius 3 is 2.69 bits per heavy atom. The normalized spacial score (nSPS) is 22.8. The van der Waals surface area contributed by atoms with E-state index in [4.69, 9.17) is 9.47 Å². The highest BCUT2D eigenvalue weighted by atomic mass is 19.2. The van der Waals surface area contributed by atoms with Crippen molar-refractivity contribution in [2.45, 2.75) is 37.8 Å². The van der Waals surface area contributed by atoms with E-state index in [1.807, 2.05) is 0 Å². The summed E-state index contributed by atoms with van der Waals surface area (Å²) in [5.74, 6) is -2.01. The van der Waals surface area contributed by atoms with E-state index in [2.05, 4.69) is 11.9 Å². The number of halogens is 2. The molecule has 1 aromatic rings. The van der Waals surface area contributed by atoms with Crippen LogP contribution >= 0.6 is 0 Å². The van der Waals surface area contributed by atoms with Crippen molar-refractivity contribution in [3.8, 4) is 5.75 Å². The molecule has 2 atom stereocenters. The summed E-state index contributed by atoms with van der Waals surface area (Å²) >= 11 is 0. The summed E-state index contributed by atoms with van der Waals surface area (Å²) in [7, 11) is 0. The van der Waals surface area contributed by atoms with E-state index in [-0.39, 0.29) is 42.2 Å². The van der Waals surface area contributed by atoms with Gasteiger partial charge in [-0.2, -0.15) is 0 Å². The average Bonchev–Trinajstić information content (AvgIpc) is 2.74. The molecule has 0 aliphatic carbocycles. The van der Waals surface area contributed by atoms with Crippen molar-refractivity contribution in [3.05, 3.63) is 42.5 Å². The third-order valence-electron chi connectivity index (χ3n) is 5.49. The molecule has 0 aromatic heterocycles. The lowest BCUT2D eigenvalue weighted by Crippen LogP contribution is -2.52. The van der Waals surface area contributed by atoms with Gasteiger partial charge in [-0.3, -0.25) is 9.59 Å². The molecule has 2 aliphatic rings. The van der Waals surface area contributed by atoms with Crippen LogP contribution in [0.3, 0.4) is 0 Å². The Labute approximate surface area is 168 Å². The third-order valence-corrected chi connectivity index (χ3v) is 5.49. The standard InChI is InChI=1S/C21H26F2N2O4/c1-2-19(26)24-18-4-3-11-28-21(18)14-7-9-25(10-8-14)20(27)13-29-15-5-6-16(22)17(23)12-15/h2,5-6,12,14,18,21H,1,3-4,7-11,13H2,(H,24,26). The maximum absolute atomic E-state index is 13.2. The second-order valence-corrected chi connectivity index (χ2v) is 7.38. The molecule has 6 nitrogen and oxygen atoms in total. The molecule has 0 spiro atoms. The number of carbonyl (C=O) groups is 2. The molecule has 158 valence electrons. The number of hydrogen-bond acceptors (Lipinski definition) is 4. The van der Waals surface area contributed by atoms with Gasteiger partial charge in [0.1, 0.15) is 5.75 Å². The summed E-state index contributed by atoms with van der Waals surface area (Å²) in [5.41, 5.74) is 0. The summed E-state index contributed by atoms with van der Waals surface area (Å²) in [5, 5.41) is 2.96. The number of nitrogens with one attached hydrogen (secondary N) is 1. The quantitative estimate of drug-likeness (QED) is 0.735. The molecule has 8 heteroatoms. The third kappa shape index (κ3) is 5.53. The van der Waals surface area contributed by atoms with Gasteiger partial charge in [0.05, 0.1) is 12.1 Å². The van der Waals surface area contributed by atoms with Gasteiger partial charge in [0.25, 0.3) is 5.91 Å². The molecule has 3 rings (SSSR count). The summed E-state index contributed by atoms with van der Waals surface area (Å²) in [6.07, 6.45) is 4.50. The lowest BCUT2D eigenvalue weighted by atomic mass is 9.84. The number of likely N-dealkylation sites (tertiary alicyclic amines) is 1. The Hall–Kier alpha value is -2.48. The number of piperidine rings is 1. The minimum Gasteiger partial charge on any atom is -0.484 e. The van der Waals surface area contributed by atoms with Crippen molar-refractivity contribution in [2.24, 2.45) is 5.92 Å². The second kappa shape index (κ2) is 9.82. The Bertz CT molecular complexity index is 750. The molecule has 0 bridgehead atoms. The smallest absolute Gasteiger partial charge is 0.260 e. The molecule has 1 aromatic carbocycles. The fourth-order valence-electron chi connectivity index (χ4n) is 3.94. The molecule has 1 N–H and O–H groups in total. The van der Waals surface area contributed by atoms with Crippen molar-refractivity contribution in [1.82, 2.24) is 10.2 Å². The first-order valence-electron chi connectivity index (χ1n) is 9.88. The SMILES string of the molecule is C=CC(=O)NC1CCCOC1C1CCN(C(=O)COc2ccc(F)c(F)c2)CC1. The van der Waals surface area contributed by atoms with E-state index in [1.165, 1.54) is 12.1 Å². The fourth-order valence-corrected chi connectivity index (χ4v) is 3.94. The average molecular weight is 408 g/mol. The zero-order valence-electron chi connectivity index (χ0n) is 16.2. The van der Waals surface area contributed by atoms with Crippen LogP contribution in [-0.4, -0.2) is 55.2 Å². The monoisotopic (exact) mass is 408 g/mol. The highest BCUT2D eigenvalue weighted by Gasteiger charge is 2.36. The zero-order valence-corrected chi connectivity index (χ0v) is 16.2. The van der Waals surface area contributed by atoms with E-state index in [9.17, 15) is 18.4 Å². The molecule has 2 amide bonds. The van der Waals surface area contributed by atoms with Gasteiger partial charge in [-0.1, -0.05) is 6.58 Å². The van der Waals surface area contributed by atoms with Crippen molar-refractivity contribution < 1.29 is 27.8 Å². The van der Waals surface area contributed by atoms with Crippen LogP contribution in [0.2, 0.25) is 0 Å². The minimum absolute atomic E-state index is 0.0433. The predicted molar refractivity (Wildman–Crippen MR) is 102 cm³/mol. The zero-order chi connectivity index (χ0) is 20.8. The van der Waals surface area contributed by atoms with Gasteiger partial charge in [0.15, 0.2) is 18.2 Å². The van der Waals surface area contributed by atoms with Crippen molar-refractivity contribution in [2.75, 3.05) is 26.3 Å². The number of amides is 2. The van der Waals surface area contributed by atoms with Gasteiger partial charge in [0.2, 0.25) is 5.91 Å². The Balaban J connectivity index is 1.48.